The van der Waals surface area contributed by atoms with Gasteiger partial charge in [0.2, 0.25) is 0 Å². The van der Waals surface area contributed by atoms with E-state index in [2.05, 4.69) is 27.8 Å². The second-order valence-electron chi connectivity index (χ2n) is 6.03. The molecule has 0 atom stereocenters. The maximum absolute atomic E-state index is 14.0. The van der Waals surface area contributed by atoms with E-state index in [4.69, 9.17) is 0 Å². The van der Waals surface area contributed by atoms with Gasteiger partial charge in [-0.25, -0.2) is 4.39 Å². The van der Waals surface area contributed by atoms with Crippen molar-refractivity contribution in [3.05, 3.63) is 71.5 Å². The minimum Gasteiger partial charge on any atom is -0.356 e. The van der Waals surface area contributed by atoms with Gasteiger partial charge in [-0.2, -0.15) is 0 Å². The summed E-state index contributed by atoms with van der Waals surface area (Å²) in [6.07, 6.45) is 2.02. The Balaban J connectivity index is 0.00000208. The van der Waals surface area contributed by atoms with Crippen LogP contribution in [0.5, 0.6) is 0 Å². The molecule has 0 radical (unpaired) electrons. The smallest absolute Gasteiger partial charge is 0.191 e. The average Bonchev–Trinajstić information content (AvgIpc) is 3.37. The van der Waals surface area contributed by atoms with Gasteiger partial charge in [0.15, 0.2) is 5.96 Å². The van der Waals surface area contributed by atoms with E-state index in [0.29, 0.717) is 13.1 Å². The van der Waals surface area contributed by atoms with Crippen molar-refractivity contribution in [2.75, 3.05) is 13.6 Å². The van der Waals surface area contributed by atoms with Gasteiger partial charge in [-0.1, -0.05) is 48.5 Å². The summed E-state index contributed by atoms with van der Waals surface area (Å²) in [7, 11) is 1.75. The van der Waals surface area contributed by atoms with Crippen LogP contribution in [-0.4, -0.2) is 19.6 Å². The van der Waals surface area contributed by atoms with Crippen LogP contribution in [0.1, 0.15) is 24.0 Å². The van der Waals surface area contributed by atoms with Crippen LogP contribution in [0.15, 0.2) is 59.6 Å². The Morgan fingerprint density at radius 1 is 1.04 bits per heavy atom. The Morgan fingerprint density at radius 2 is 1.71 bits per heavy atom. The molecule has 2 aromatic carbocycles. The van der Waals surface area contributed by atoms with Gasteiger partial charge in [0, 0.05) is 25.6 Å². The Labute approximate surface area is 159 Å². The normalized spacial score (nSPS) is 15.3. The second kappa shape index (κ2) is 8.46. The van der Waals surface area contributed by atoms with Crippen LogP contribution in [0.4, 0.5) is 4.39 Å². The Kier molecular flexibility index (Phi) is 6.60. The van der Waals surface area contributed by atoms with Crippen molar-refractivity contribution in [1.29, 1.82) is 0 Å². The van der Waals surface area contributed by atoms with Crippen molar-refractivity contribution in [2.45, 2.75) is 24.8 Å². The van der Waals surface area contributed by atoms with Crippen LogP contribution >= 0.6 is 24.0 Å². The summed E-state index contributed by atoms with van der Waals surface area (Å²) in [4.78, 5) is 4.25. The lowest BCUT2D eigenvalue weighted by molar-refractivity contribution is 0.559. The third kappa shape index (κ3) is 4.47. The lowest BCUT2D eigenvalue weighted by Crippen LogP contribution is -2.41. The van der Waals surface area contributed by atoms with E-state index in [1.165, 1.54) is 11.6 Å². The molecule has 1 aliphatic rings. The third-order valence-corrected chi connectivity index (χ3v) is 4.42. The van der Waals surface area contributed by atoms with Crippen LogP contribution in [0.3, 0.4) is 0 Å². The highest BCUT2D eigenvalue weighted by Crippen LogP contribution is 2.48. The number of aliphatic imine (C=N–C) groups is 1. The molecule has 1 fully saturated rings. The van der Waals surface area contributed by atoms with Gasteiger partial charge in [0.25, 0.3) is 0 Å². The zero-order chi connectivity index (χ0) is 16.1. The molecule has 0 unspecified atom stereocenters. The molecular formula is C19H23FIN3. The SMILES string of the molecule is CN=C(NCc1ccccc1)NCC1(c2ccccc2F)CC1.I. The van der Waals surface area contributed by atoms with E-state index in [-0.39, 0.29) is 35.2 Å². The molecule has 2 aromatic rings. The molecule has 1 saturated carbocycles. The fourth-order valence-electron chi connectivity index (χ4n) is 2.84. The molecule has 0 aliphatic heterocycles. The Hall–Kier alpha value is -1.63. The molecule has 128 valence electrons. The zero-order valence-electron chi connectivity index (χ0n) is 13.8. The summed E-state index contributed by atoms with van der Waals surface area (Å²) in [5.74, 6) is 0.635. The fourth-order valence-corrected chi connectivity index (χ4v) is 2.84. The summed E-state index contributed by atoms with van der Waals surface area (Å²) in [6.45, 7) is 1.41. The van der Waals surface area contributed by atoms with Gasteiger partial charge in [-0.05, 0) is 30.0 Å². The topological polar surface area (TPSA) is 36.4 Å². The predicted molar refractivity (Wildman–Crippen MR) is 107 cm³/mol. The number of hydrogen-bond acceptors (Lipinski definition) is 1. The van der Waals surface area contributed by atoms with E-state index in [9.17, 15) is 4.39 Å². The largest absolute Gasteiger partial charge is 0.356 e. The summed E-state index contributed by atoms with van der Waals surface area (Å²) in [5.41, 5.74) is 1.92. The first-order valence-electron chi connectivity index (χ1n) is 7.97. The van der Waals surface area contributed by atoms with Gasteiger partial charge in [0.1, 0.15) is 5.82 Å². The molecule has 0 spiro atoms. The van der Waals surface area contributed by atoms with Gasteiger partial charge in [0.05, 0.1) is 0 Å². The predicted octanol–water partition coefficient (Wildman–Crippen LogP) is 3.84. The zero-order valence-corrected chi connectivity index (χ0v) is 16.1. The number of halogens is 2. The summed E-state index contributed by atoms with van der Waals surface area (Å²) in [6, 6.07) is 17.3. The Bertz CT molecular complexity index is 684. The monoisotopic (exact) mass is 439 g/mol. The highest BCUT2D eigenvalue weighted by atomic mass is 127. The van der Waals surface area contributed by atoms with E-state index in [0.717, 1.165) is 24.4 Å². The lowest BCUT2D eigenvalue weighted by Gasteiger charge is -2.19. The lowest BCUT2D eigenvalue weighted by atomic mass is 9.95. The first kappa shape index (κ1) is 18.7. The molecule has 0 bridgehead atoms. The first-order valence-corrected chi connectivity index (χ1v) is 7.97. The molecule has 0 saturated heterocycles. The molecule has 0 amide bonds. The minimum atomic E-state index is -0.112. The highest BCUT2D eigenvalue weighted by Gasteiger charge is 2.45. The third-order valence-electron chi connectivity index (χ3n) is 4.42. The molecular weight excluding hydrogens is 416 g/mol. The van der Waals surface area contributed by atoms with Crippen LogP contribution in [-0.2, 0) is 12.0 Å². The van der Waals surface area contributed by atoms with Crippen molar-refractivity contribution in [3.8, 4) is 0 Å². The second-order valence-corrected chi connectivity index (χ2v) is 6.03. The molecule has 5 heteroatoms. The van der Waals surface area contributed by atoms with Gasteiger partial charge < -0.3 is 10.6 Å². The first-order chi connectivity index (χ1) is 11.2. The van der Waals surface area contributed by atoms with Crippen LogP contribution in [0, 0.1) is 5.82 Å². The minimum absolute atomic E-state index is 0. The van der Waals surface area contributed by atoms with E-state index < -0.39 is 0 Å². The summed E-state index contributed by atoms with van der Waals surface area (Å²) >= 11 is 0. The molecule has 2 N–H and O–H groups in total. The summed E-state index contributed by atoms with van der Waals surface area (Å²) in [5, 5.41) is 6.64. The Morgan fingerprint density at radius 3 is 2.33 bits per heavy atom. The van der Waals surface area contributed by atoms with Crippen LogP contribution in [0.2, 0.25) is 0 Å². The van der Waals surface area contributed by atoms with Crippen molar-refractivity contribution in [1.82, 2.24) is 10.6 Å². The number of nitrogens with one attached hydrogen (secondary N) is 2. The fraction of sp³-hybridized carbons (Fsp3) is 0.316. The molecule has 24 heavy (non-hydrogen) atoms. The number of hydrogen-bond donors (Lipinski definition) is 2. The van der Waals surface area contributed by atoms with Crippen molar-refractivity contribution in [3.63, 3.8) is 0 Å². The van der Waals surface area contributed by atoms with Crippen molar-refractivity contribution in [2.24, 2.45) is 4.99 Å². The van der Waals surface area contributed by atoms with E-state index >= 15 is 0 Å². The molecule has 3 nitrogen and oxygen atoms in total. The molecule has 1 aliphatic carbocycles. The van der Waals surface area contributed by atoms with E-state index in [1.807, 2.05) is 30.3 Å². The van der Waals surface area contributed by atoms with Crippen molar-refractivity contribution < 1.29 is 4.39 Å². The maximum Gasteiger partial charge on any atom is 0.191 e. The van der Waals surface area contributed by atoms with Gasteiger partial charge in [-0.3, -0.25) is 4.99 Å². The number of rotatable bonds is 5. The van der Waals surface area contributed by atoms with Gasteiger partial charge >= 0.3 is 0 Å². The number of guanidine groups is 1. The standard InChI is InChI=1S/C19H22FN3.HI/c1-21-18(22-13-15-7-3-2-4-8-15)23-14-19(11-12-19)16-9-5-6-10-17(16)20;/h2-10H,11-14H2,1H3,(H2,21,22,23);1H. The molecule has 3 rings (SSSR count). The quantitative estimate of drug-likeness (QED) is 0.422. The van der Waals surface area contributed by atoms with Crippen LogP contribution in [0.25, 0.3) is 0 Å². The number of benzene rings is 2. The van der Waals surface area contributed by atoms with Crippen LogP contribution < -0.4 is 10.6 Å². The van der Waals surface area contributed by atoms with E-state index in [1.54, 1.807) is 13.1 Å². The average molecular weight is 439 g/mol. The number of nitrogens with zero attached hydrogens (tertiary/aromatic N) is 1. The molecule has 0 aromatic heterocycles. The summed E-state index contributed by atoms with van der Waals surface area (Å²) < 4.78 is 14.0. The highest BCUT2D eigenvalue weighted by molar-refractivity contribution is 14.0. The maximum atomic E-state index is 14.0. The van der Waals surface area contributed by atoms with Gasteiger partial charge in [-0.15, -0.1) is 24.0 Å². The molecule has 0 heterocycles. The van der Waals surface area contributed by atoms with Crippen molar-refractivity contribution >= 4 is 29.9 Å².